The number of carbonyl (C=O) groups is 5. The number of benzene rings is 2. The van der Waals surface area contributed by atoms with E-state index in [0.29, 0.717) is 11.3 Å². The first-order valence-corrected chi connectivity index (χ1v) is 9.73. The van der Waals surface area contributed by atoms with Crippen LogP contribution in [-0.2, 0) is 14.4 Å². The number of amides is 5. The van der Waals surface area contributed by atoms with E-state index in [1.807, 2.05) is 0 Å². The predicted octanol–water partition coefficient (Wildman–Crippen LogP) is 1.09. The van der Waals surface area contributed by atoms with E-state index < -0.39 is 42.2 Å². The number of hydrogen-bond acceptors (Lipinski definition) is 6. The summed E-state index contributed by atoms with van der Waals surface area (Å²) in [6.07, 6.45) is 5.37. The highest BCUT2D eigenvalue weighted by Gasteiger charge is 2.46. The van der Waals surface area contributed by atoms with Crippen molar-refractivity contribution in [3.05, 3.63) is 59.2 Å². The molecule has 9 heteroatoms. The van der Waals surface area contributed by atoms with Crippen LogP contribution in [0.2, 0.25) is 0 Å². The molecule has 2 heterocycles. The van der Waals surface area contributed by atoms with Crippen molar-refractivity contribution >= 4 is 35.2 Å². The van der Waals surface area contributed by atoms with Gasteiger partial charge in [-0.3, -0.25) is 34.2 Å². The minimum Gasteiger partial charge on any atom is -0.483 e. The maximum atomic E-state index is 13.0. The average molecular weight is 431 g/mol. The molecule has 0 aromatic heterocycles. The van der Waals surface area contributed by atoms with Crippen LogP contribution in [0.4, 0.5) is 5.69 Å². The molecule has 5 amide bonds. The smallest absolute Gasteiger partial charge is 0.266 e. The Morgan fingerprint density at radius 2 is 1.88 bits per heavy atom. The first-order chi connectivity index (χ1) is 15.4. The van der Waals surface area contributed by atoms with Gasteiger partial charge in [-0.05, 0) is 42.8 Å². The molecule has 2 N–H and O–H groups in total. The summed E-state index contributed by atoms with van der Waals surface area (Å²) in [6, 6.07) is 9.99. The van der Waals surface area contributed by atoms with E-state index in [0.717, 1.165) is 4.90 Å². The lowest BCUT2D eigenvalue weighted by Gasteiger charge is -2.27. The Balaban J connectivity index is 1.48. The van der Waals surface area contributed by atoms with Gasteiger partial charge in [-0.2, -0.15) is 0 Å². The van der Waals surface area contributed by atoms with Crippen LogP contribution < -0.4 is 15.4 Å². The number of hydrogen-bond donors (Lipinski definition) is 2. The number of fused-ring (bicyclic) bond motifs is 1. The number of terminal acetylenes is 1. The largest absolute Gasteiger partial charge is 0.483 e. The van der Waals surface area contributed by atoms with Crippen LogP contribution in [0.3, 0.4) is 0 Å². The number of nitrogens with one attached hydrogen (secondary N) is 2. The van der Waals surface area contributed by atoms with Gasteiger partial charge in [-0.1, -0.05) is 12.0 Å². The van der Waals surface area contributed by atoms with Gasteiger partial charge in [0.25, 0.3) is 17.7 Å². The van der Waals surface area contributed by atoms with Gasteiger partial charge >= 0.3 is 0 Å². The Morgan fingerprint density at radius 1 is 1.12 bits per heavy atom. The highest BCUT2D eigenvalue weighted by Crippen LogP contribution is 2.33. The van der Waals surface area contributed by atoms with Crippen LogP contribution in [0.15, 0.2) is 42.5 Å². The van der Waals surface area contributed by atoms with Crippen molar-refractivity contribution in [3.63, 3.8) is 0 Å². The van der Waals surface area contributed by atoms with Crippen LogP contribution in [0.5, 0.6) is 5.75 Å². The minimum absolute atomic E-state index is 0.0200. The third kappa shape index (κ3) is 3.81. The van der Waals surface area contributed by atoms with Crippen LogP contribution in [0.25, 0.3) is 0 Å². The monoisotopic (exact) mass is 431 g/mol. The van der Waals surface area contributed by atoms with Gasteiger partial charge in [0.2, 0.25) is 11.8 Å². The second-order valence-electron chi connectivity index (χ2n) is 7.18. The van der Waals surface area contributed by atoms with E-state index in [2.05, 4.69) is 16.6 Å². The van der Waals surface area contributed by atoms with Gasteiger partial charge in [-0.15, -0.1) is 6.42 Å². The second kappa shape index (κ2) is 8.35. The molecule has 32 heavy (non-hydrogen) atoms. The SMILES string of the molecule is C#Cc1ccc(NC(=O)COc2cccc3c2C(=O)N(C2CCC(=O)NC2=O)C3=O)cc1. The van der Waals surface area contributed by atoms with Gasteiger partial charge in [0.05, 0.1) is 11.1 Å². The number of anilines is 1. The van der Waals surface area contributed by atoms with Crippen molar-refractivity contribution in [2.75, 3.05) is 11.9 Å². The second-order valence-corrected chi connectivity index (χ2v) is 7.18. The summed E-state index contributed by atoms with van der Waals surface area (Å²) in [6.45, 7) is -0.409. The number of ether oxygens (including phenoxy) is 1. The zero-order valence-electron chi connectivity index (χ0n) is 16.7. The van der Waals surface area contributed by atoms with Gasteiger partial charge < -0.3 is 10.1 Å². The molecular weight excluding hydrogens is 414 g/mol. The molecule has 0 spiro atoms. The van der Waals surface area contributed by atoms with E-state index in [9.17, 15) is 24.0 Å². The predicted molar refractivity (Wildman–Crippen MR) is 112 cm³/mol. The molecule has 0 bridgehead atoms. The topological polar surface area (TPSA) is 122 Å². The minimum atomic E-state index is -1.08. The highest BCUT2D eigenvalue weighted by atomic mass is 16.5. The standard InChI is InChI=1S/C23H17N3O6/c1-2-13-6-8-14(9-7-13)24-19(28)12-32-17-5-3-4-15-20(17)23(31)26(22(15)30)16-10-11-18(27)25-21(16)29/h1,3-9,16H,10-12H2,(H,24,28)(H,25,27,29). The van der Waals surface area contributed by atoms with E-state index in [-0.39, 0.29) is 29.7 Å². The van der Waals surface area contributed by atoms with Crippen LogP contribution >= 0.6 is 0 Å². The molecule has 0 saturated carbocycles. The lowest BCUT2D eigenvalue weighted by molar-refractivity contribution is -0.136. The molecule has 0 radical (unpaired) electrons. The Hall–Kier alpha value is -4.45. The first kappa shape index (κ1) is 20.8. The van der Waals surface area contributed by atoms with Crippen molar-refractivity contribution < 1.29 is 28.7 Å². The molecule has 160 valence electrons. The summed E-state index contributed by atoms with van der Waals surface area (Å²) < 4.78 is 5.53. The van der Waals surface area contributed by atoms with E-state index in [1.54, 1.807) is 24.3 Å². The molecule has 2 aromatic rings. The zero-order chi connectivity index (χ0) is 22.8. The molecule has 2 aliphatic heterocycles. The summed E-state index contributed by atoms with van der Waals surface area (Å²) in [4.78, 5) is 62.5. The van der Waals surface area contributed by atoms with E-state index in [1.165, 1.54) is 18.2 Å². The van der Waals surface area contributed by atoms with Gasteiger partial charge in [0.1, 0.15) is 11.8 Å². The zero-order valence-corrected chi connectivity index (χ0v) is 16.7. The summed E-state index contributed by atoms with van der Waals surface area (Å²) in [5, 5.41) is 4.78. The summed E-state index contributed by atoms with van der Waals surface area (Å²) in [7, 11) is 0. The van der Waals surface area contributed by atoms with E-state index >= 15 is 0 Å². The third-order valence-electron chi connectivity index (χ3n) is 5.12. The van der Waals surface area contributed by atoms with Crippen molar-refractivity contribution in [2.45, 2.75) is 18.9 Å². The van der Waals surface area contributed by atoms with Crippen LogP contribution in [0, 0.1) is 12.3 Å². The molecule has 1 fully saturated rings. The van der Waals surface area contributed by atoms with Gasteiger partial charge in [0, 0.05) is 17.7 Å². The normalized spacial score (nSPS) is 17.5. The highest BCUT2D eigenvalue weighted by molar-refractivity contribution is 6.24. The number of carbonyl (C=O) groups excluding carboxylic acids is 5. The lowest BCUT2D eigenvalue weighted by Crippen LogP contribution is -2.54. The van der Waals surface area contributed by atoms with Crippen LogP contribution in [0.1, 0.15) is 39.1 Å². The maximum absolute atomic E-state index is 13.0. The number of nitrogens with zero attached hydrogens (tertiary/aromatic N) is 1. The fourth-order valence-electron chi connectivity index (χ4n) is 3.59. The molecule has 1 unspecified atom stereocenters. The summed E-state index contributed by atoms with van der Waals surface area (Å²) in [5.74, 6) is -0.463. The Labute approximate surface area is 182 Å². The van der Waals surface area contributed by atoms with Crippen molar-refractivity contribution in [1.29, 1.82) is 0 Å². The molecule has 1 saturated heterocycles. The van der Waals surface area contributed by atoms with Gasteiger partial charge in [0.15, 0.2) is 6.61 Å². The summed E-state index contributed by atoms with van der Waals surface area (Å²) >= 11 is 0. The third-order valence-corrected chi connectivity index (χ3v) is 5.12. The van der Waals surface area contributed by atoms with Crippen LogP contribution in [-0.4, -0.2) is 47.1 Å². The number of piperidine rings is 1. The van der Waals surface area contributed by atoms with Crippen molar-refractivity contribution in [1.82, 2.24) is 10.2 Å². The fraction of sp³-hybridized carbons (Fsp3) is 0.174. The number of imide groups is 2. The molecular formula is C23H17N3O6. The molecule has 1 atom stereocenters. The number of rotatable bonds is 5. The lowest BCUT2D eigenvalue weighted by atomic mass is 10.0. The van der Waals surface area contributed by atoms with Crippen molar-refractivity contribution in [2.24, 2.45) is 0 Å². The molecule has 2 aliphatic rings. The Bertz CT molecular complexity index is 1200. The molecule has 9 nitrogen and oxygen atoms in total. The molecule has 0 aliphatic carbocycles. The fourth-order valence-corrected chi connectivity index (χ4v) is 3.59. The summed E-state index contributed by atoms with van der Waals surface area (Å²) in [5.41, 5.74) is 1.24. The molecule has 4 rings (SSSR count). The van der Waals surface area contributed by atoms with Crippen molar-refractivity contribution in [3.8, 4) is 18.1 Å². The van der Waals surface area contributed by atoms with E-state index in [4.69, 9.17) is 11.2 Å². The average Bonchev–Trinajstić information content (AvgIpc) is 3.04. The Kier molecular flexibility index (Phi) is 5.43. The molecule has 2 aromatic carbocycles. The quantitative estimate of drug-likeness (QED) is 0.540. The maximum Gasteiger partial charge on any atom is 0.266 e. The Morgan fingerprint density at radius 3 is 2.56 bits per heavy atom. The first-order valence-electron chi connectivity index (χ1n) is 9.73. The van der Waals surface area contributed by atoms with Gasteiger partial charge in [-0.25, -0.2) is 0 Å².